The van der Waals surface area contributed by atoms with Crippen molar-refractivity contribution in [3.05, 3.63) is 57.9 Å². The SMILES string of the molecule is CCOc1ccc(C(O)c2nc3cc([N+](=O)[O-])ccc3n2CCN(CC)CC)cc1OC. The third-order valence-corrected chi connectivity index (χ3v) is 5.55. The van der Waals surface area contributed by atoms with Gasteiger partial charge in [0, 0.05) is 25.2 Å². The van der Waals surface area contributed by atoms with Gasteiger partial charge in [-0.3, -0.25) is 10.1 Å². The summed E-state index contributed by atoms with van der Waals surface area (Å²) in [5.41, 5.74) is 1.79. The van der Waals surface area contributed by atoms with Gasteiger partial charge in [0.25, 0.3) is 5.69 Å². The van der Waals surface area contributed by atoms with Crippen molar-refractivity contribution >= 4 is 16.7 Å². The van der Waals surface area contributed by atoms with Gasteiger partial charge in [0.15, 0.2) is 11.5 Å². The van der Waals surface area contributed by atoms with Crippen LogP contribution in [0.1, 0.15) is 38.3 Å². The Morgan fingerprint density at radius 1 is 1.16 bits per heavy atom. The molecule has 0 radical (unpaired) electrons. The smallest absolute Gasteiger partial charge is 0.271 e. The van der Waals surface area contributed by atoms with E-state index in [0.717, 1.165) is 25.2 Å². The third-order valence-electron chi connectivity index (χ3n) is 5.55. The molecule has 0 spiro atoms. The molecule has 1 atom stereocenters. The first-order valence-corrected chi connectivity index (χ1v) is 10.8. The van der Waals surface area contributed by atoms with Crippen molar-refractivity contribution in [3.63, 3.8) is 0 Å². The summed E-state index contributed by atoms with van der Waals surface area (Å²) in [5.74, 6) is 1.54. The summed E-state index contributed by atoms with van der Waals surface area (Å²) in [5, 5.41) is 22.5. The summed E-state index contributed by atoms with van der Waals surface area (Å²) in [6.45, 7) is 9.75. The van der Waals surface area contributed by atoms with Gasteiger partial charge in [0.1, 0.15) is 11.9 Å². The van der Waals surface area contributed by atoms with Crippen molar-refractivity contribution in [1.82, 2.24) is 14.5 Å². The molecule has 0 bridgehead atoms. The lowest BCUT2D eigenvalue weighted by atomic mass is 10.1. The number of fused-ring (bicyclic) bond motifs is 1. The maximum Gasteiger partial charge on any atom is 0.271 e. The van der Waals surface area contributed by atoms with E-state index in [1.807, 2.05) is 11.5 Å². The van der Waals surface area contributed by atoms with Crippen LogP contribution in [0.25, 0.3) is 11.0 Å². The number of non-ortho nitro benzene ring substituents is 1. The molecule has 0 amide bonds. The van der Waals surface area contributed by atoms with E-state index in [0.29, 0.717) is 41.6 Å². The van der Waals surface area contributed by atoms with Crippen molar-refractivity contribution in [2.24, 2.45) is 0 Å². The van der Waals surface area contributed by atoms with Gasteiger partial charge >= 0.3 is 0 Å². The van der Waals surface area contributed by atoms with E-state index in [1.165, 1.54) is 12.1 Å². The molecule has 1 aromatic heterocycles. The minimum Gasteiger partial charge on any atom is -0.493 e. The lowest BCUT2D eigenvalue weighted by Gasteiger charge is -2.21. The molecule has 172 valence electrons. The number of aliphatic hydroxyl groups excluding tert-OH is 1. The Kier molecular flexibility index (Phi) is 7.66. The molecule has 9 heteroatoms. The van der Waals surface area contributed by atoms with Crippen LogP contribution >= 0.6 is 0 Å². The molecular formula is C23H30N4O5. The van der Waals surface area contributed by atoms with Crippen molar-refractivity contribution in [2.75, 3.05) is 33.4 Å². The third kappa shape index (κ3) is 4.84. The highest BCUT2D eigenvalue weighted by Crippen LogP contribution is 2.33. The Hall–Kier alpha value is -3.17. The van der Waals surface area contributed by atoms with Crippen LogP contribution in [-0.2, 0) is 6.54 Å². The topological polar surface area (TPSA) is 103 Å². The zero-order valence-corrected chi connectivity index (χ0v) is 18.9. The normalized spacial score (nSPS) is 12.3. The Balaban J connectivity index is 2.06. The summed E-state index contributed by atoms with van der Waals surface area (Å²) in [4.78, 5) is 17.7. The molecular weight excluding hydrogens is 412 g/mol. The predicted molar refractivity (Wildman–Crippen MR) is 122 cm³/mol. The summed E-state index contributed by atoms with van der Waals surface area (Å²) < 4.78 is 12.9. The highest BCUT2D eigenvalue weighted by atomic mass is 16.6. The number of likely N-dealkylation sites (N-methyl/N-ethyl adjacent to an activating group) is 1. The Morgan fingerprint density at radius 2 is 1.91 bits per heavy atom. The van der Waals surface area contributed by atoms with E-state index in [9.17, 15) is 15.2 Å². The molecule has 2 aromatic carbocycles. The molecule has 0 fully saturated rings. The highest BCUT2D eigenvalue weighted by Gasteiger charge is 2.23. The molecule has 0 saturated carbocycles. The van der Waals surface area contributed by atoms with Gasteiger partial charge in [-0.05, 0) is 43.8 Å². The molecule has 0 aliphatic rings. The van der Waals surface area contributed by atoms with Gasteiger partial charge in [-0.15, -0.1) is 0 Å². The van der Waals surface area contributed by atoms with Crippen molar-refractivity contribution in [3.8, 4) is 11.5 Å². The van der Waals surface area contributed by atoms with Gasteiger partial charge in [0.2, 0.25) is 0 Å². The zero-order valence-electron chi connectivity index (χ0n) is 18.9. The summed E-state index contributed by atoms with van der Waals surface area (Å²) >= 11 is 0. The fourth-order valence-corrected chi connectivity index (χ4v) is 3.75. The van der Waals surface area contributed by atoms with E-state index in [1.54, 1.807) is 31.4 Å². The van der Waals surface area contributed by atoms with Crippen molar-refractivity contribution in [1.29, 1.82) is 0 Å². The number of rotatable bonds is 11. The van der Waals surface area contributed by atoms with Crippen LogP contribution in [0.3, 0.4) is 0 Å². The van der Waals surface area contributed by atoms with Gasteiger partial charge in [0.05, 0.1) is 29.7 Å². The minimum absolute atomic E-state index is 0.0327. The first-order valence-electron chi connectivity index (χ1n) is 10.8. The van der Waals surface area contributed by atoms with Crippen LogP contribution in [0.2, 0.25) is 0 Å². The largest absolute Gasteiger partial charge is 0.493 e. The number of imidazole rings is 1. The molecule has 9 nitrogen and oxygen atoms in total. The second-order valence-corrected chi connectivity index (χ2v) is 7.32. The molecule has 1 N–H and O–H groups in total. The van der Waals surface area contributed by atoms with Crippen LogP contribution in [0.5, 0.6) is 11.5 Å². The molecule has 0 saturated heterocycles. The van der Waals surface area contributed by atoms with Gasteiger partial charge in [-0.25, -0.2) is 4.98 Å². The highest BCUT2D eigenvalue weighted by molar-refractivity contribution is 5.79. The Bertz CT molecular complexity index is 1080. The van der Waals surface area contributed by atoms with Crippen LogP contribution < -0.4 is 9.47 Å². The molecule has 1 unspecified atom stereocenters. The Labute approximate surface area is 187 Å². The number of methoxy groups -OCH3 is 1. The second-order valence-electron chi connectivity index (χ2n) is 7.32. The summed E-state index contributed by atoms with van der Waals surface area (Å²) in [6, 6.07) is 9.86. The fraction of sp³-hybridized carbons (Fsp3) is 0.435. The quantitative estimate of drug-likeness (QED) is 0.356. The lowest BCUT2D eigenvalue weighted by Crippen LogP contribution is -2.27. The van der Waals surface area contributed by atoms with Crippen LogP contribution in [0, 0.1) is 10.1 Å². The van der Waals surface area contributed by atoms with Gasteiger partial charge in [-0.2, -0.15) is 0 Å². The zero-order chi connectivity index (χ0) is 23.3. The maximum absolute atomic E-state index is 11.2. The average Bonchev–Trinajstić information content (AvgIpc) is 3.17. The molecule has 0 aliphatic carbocycles. The minimum atomic E-state index is -1.04. The van der Waals surface area contributed by atoms with Gasteiger partial charge in [-0.1, -0.05) is 19.9 Å². The fourth-order valence-electron chi connectivity index (χ4n) is 3.75. The molecule has 0 aliphatic heterocycles. The van der Waals surface area contributed by atoms with Crippen LogP contribution in [-0.4, -0.2) is 57.8 Å². The van der Waals surface area contributed by atoms with Crippen molar-refractivity contribution in [2.45, 2.75) is 33.4 Å². The van der Waals surface area contributed by atoms with Crippen LogP contribution in [0.4, 0.5) is 5.69 Å². The number of ether oxygens (including phenoxy) is 2. The number of nitro benzene ring substituents is 1. The molecule has 3 rings (SSSR count). The van der Waals surface area contributed by atoms with E-state index in [4.69, 9.17) is 9.47 Å². The van der Waals surface area contributed by atoms with E-state index < -0.39 is 11.0 Å². The lowest BCUT2D eigenvalue weighted by molar-refractivity contribution is -0.384. The molecule has 32 heavy (non-hydrogen) atoms. The summed E-state index contributed by atoms with van der Waals surface area (Å²) in [7, 11) is 1.55. The monoisotopic (exact) mass is 442 g/mol. The number of nitrogens with zero attached hydrogens (tertiary/aromatic N) is 4. The van der Waals surface area contributed by atoms with Crippen molar-refractivity contribution < 1.29 is 19.5 Å². The van der Waals surface area contributed by atoms with E-state index >= 15 is 0 Å². The summed E-state index contributed by atoms with van der Waals surface area (Å²) in [6.07, 6.45) is -1.04. The number of aliphatic hydroxyl groups is 1. The predicted octanol–water partition coefficient (Wildman–Crippen LogP) is 3.78. The van der Waals surface area contributed by atoms with Gasteiger partial charge < -0.3 is 24.0 Å². The Morgan fingerprint density at radius 3 is 2.53 bits per heavy atom. The van der Waals surface area contributed by atoms with E-state index in [-0.39, 0.29) is 5.69 Å². The number of hydrogen-bond acceptors (Lipinski definition) is 7. The first kappa shape index (κ1) is 23.5. The first-order chi connectivity index (χ1) is 15.4. The number of aromatic nitrogens is 2. The standard InChI is InChI=1S/C23H30N4O5/c1-5-25(6-2)12-13-26-19-10-9-17(27(29)30)15-18(19)24-23(26)22(28)16-8-11-20(32-7-3)21(14-16)31-4/h8-11,14-15,22,28H,5-7,12-13H2,1-4H3. The molecule has 3 aromatic rings. The van der Waals surface area contributed by atoms with Crippen LogP contribution in [0.15, 0.2) is 36.4 Å². The maximum atomic E-state index is 11.2. The van der Waals surface area contributed by atoms with E-state index in [2.05, 4.69) is 23.7 Å². The second kappa shape index (κ2) is 10.4. The number of hydrogen-bond donors (Lipinski definition) is 1. The number of benzene rings is 2. The average molecular weight is 443 g/mol. The number of nitro groups is 1. The molecule has 1 heterocycles.